The second-order valence-corrected chi connectivity index (χ2v) is 4.67. The Hall–Kier alpha value is -2.56. The van der Waals surface area contributed by atoms with Crippen LogP contribution in [0.1, 0.15) is 33.4 Å². The molecule has 0 unspecified atom stereocenters. The Balaban J connectivity index is 2.23. The van der Waals surface area contributed by atoms with E-state index in [0.29, 0.717) is 11.3 Å². The number of rotatable bonds is 4. The fourth-order valence-electron chi connectivity index (χ4n) is 2.10. The van der Waals surface area contributed by atoms with Crippen molar-refractivity contribution in [2.45, 2.75) is 19.9 Å². The van der Waals surface area contributed by atoms with E-state index in [1.165, 1.54) is 0 Å². The molecule has 5 heteroatoms. The third-order valence-electron chi connectivity index (χ3n) is 3.03. The van der Waals surface area contributed by atoms with E-state index >= 15 is 0 Å². The number of aromatic amines is 1. The van der Waals surface area contributed by atoms with Crippen LogP contribution in [0.15, 0.2) is 36.4 Å². The third-order valence-corrected chi connectivity index (χ3v) is 3.03. The summed E-state index contributed by atoms with van der Waals surface area (Å²) in [5.41, 5.74) is 2.58. The van der Waals surface area contributed by atoms with E-state index in [4.69, 9.17) is 0 Å². The lowest BCUT2D eigenvalue weighted by Crippen LogP contribution is -2.34. The molecule has 0 spiro atoms. The van der Waals surface area contributed by atoms with Crippen LogP contribution in [0.4, 0.5) is 0 Å². The Morgan fingerprint density at radius 3 is 2.35 bits per heavy atom. The first-order valence-electron chi connectivity index (χ1n) is 6.24. The molecule has 0 radical (unpaired) electrons. The van der Waals surface area contributed by atoms with E-state index in [0.717, 1.165) is 11.3 Å². The highest BCUT2D eigenvalue weighted by Crippen LogP contribution is 2.15. The lowest BCUT2D eigenvalue weighted by molar-refractivity contribution is -0.139. The van der Waals surface area contributed by atoms with Gasteiger partial charge < -0.3 is 15.4 Å². The quantitative estimate of drug-likeness (QED) is 0.797. The number of hydrogen-bond donors (Lipinski definition) is 3. The molecule has 0 saturated heterocycles. The predicted octanol–water partition coefficient (Wildman–Crippen LogP) is 2.19. The smallest absolute Gasteiger partial charge is 0.330 e. The average molecular weight is 272 g/mol. The number of carbonyl (C=O) groups excluding carboxylic acids is 1. The number of carboxylic acid groups (broad SMARTS) is 1. The van der Waals surface area contributed by atoms with E-state index in [1.807, 2.05) is 13.0 Å². The molecule has 1 heterocycles. The van der Waals surface area contributed by atoms with Gasteiger partial charge in [0, 0.05) is 5.69 Å². The second kappa shape index (κ2) is 5.61. The molecule has 20 heavy (non-hydrogen) atoms. The van der Waals surface area contributed by atoms with Gasteiger partial charge in [-0.25, -0.2) is 4.79 Å². The number of benzene rings is 1. The van der Waals surface area contributed by atoms with Gasteiger partial charge in [-0.2, -0.15) is 0 Å². The van der Waals surface area contributed by atoms with Crippen molar-refractivity contribution in [3.63, 3.8) is 0 Å². The minimum Gasteiger partial charge on any atom is -0.479 e. The van der Waals surface area contributed by atoms with Gasteiger partial charge >= 0.3 is 5.97 Å². The molecule has 0 bridgehead atoms. The zero-order valence-electron chi connectivity index (χ0n) is 11.3. The highest BCUT2D eigenvalue weighted by atomic mass is 16.4. The molecule has 3 N–H and O–H groups in total. The number of H-pyrrole nitrogens is 1. The van der Waals surface area contributed by atoms with Gasteiger partial charge in [0.2, 0.25) is 0 Å². The van der Waals surface area contributed by atoms with Crippen LogP contribution >= 0.6 is 0 Å². The minimum absolute atomic E-state index is 0.393. The fourth-order valence-corrected chi connectivity index (χ4v) is 2.10. The van der Waals surface area contributed by atoms with Crippen LogP contribution in [-0.4, -0.2) is 22.0 Å². The van der Waals surface area contributed by atoms with Crippen molar-refractivity contribution >= 4 is 11.9 Å². The number of nitrogens with one attached hydrogen (secondary N) is 2. The first kappa shape index (κ1) is 13.9. The molecule has 5 nitrogen and oxygen atoms in total. The highest BCUT2D eigenvalue weighted by molar-refractivity contribution is 5.96. The maximum atomic E-state index is 12.2. The SMILES string of the molecule is Cc1cc(C)c(C(=O)N[C@H](C(=O)O)c2ccccc2)[nH]1. The second-order valence-electron chi connectivity index (χ2n) is 4.67. The third kappa shape index (κ3) is 2.88. The molecule has 2 aromatic rings. The van der Waals surface area contributed by atoms with Crippen LogP contribution in [0, 0.1) is 13.8 Å². The molecular weight excluding hydrogens is 256 g/mol. The van der Waals surface area contributed by atoms with E-state index in [2.05, 4.69) is 10.3 Å². The molecule has 0 aliphatic carbocycles. The largest absolute Gasteiger partial charge is 0.479 e. The summed E-state index contributed by atoms with van der Waals surface area (Å²) in [6.45, 7) is 3.65. The lowest BCUT2D eigenvalue weighted by Gasteiger charge is -2.14. The topological polar surface area (TPSA) is 82.2 Å². The number of aromatic nitrogens is 1. The zero-order valence-corrected chi connectivity index (χ0v) is 11.3. The van der Waals surface area contributed by atoms with Gasteiger partial charge in [0.1, 0.15) is 5.69 Å². The summed E-state index contributed by atoms with van der Waals surface area (Å²) in [5, 5.41) is 11.8. The summed E-state index contributed by atoms with van der Waals surface area (Å²) in [7, 11) is 0. The van der Waals surface area contributed by atoms with Crippen molar-refractivity contribution in [1.29, 1.82) is 0 Å². The number of aliphatic carboxylic acids is 1. The molecule has 0 aliphatic rings. The first-order valence-corrected chi connectivity index (χ1v) is 6.24. The van der Waals surface area contributed by atoms with Gasteiger partial charge in [-0.05, 0) is 31.0 Å². The molecule has 104 valence electrons. The summed E-state index contributed by atoms with van der Waals surface area (Å²) in [5.74, 6) is -1.52. The van der Waals surface area contributed by atoms with Gasteiger partial charge in [0.15, 0.2) is 6.04 Å². The summed E-state index contributed by atoms with van der Waals surface area (Å²) < 4.78 is 0. The van der Waals surface area contributed by atoms with Crippen molar-refractivity contribution in [3.8, 4) is 0 Å². The Morgan fingerprint density at radius 2 is 1.85 bits per heavy atom. The predicted molar refractivity (Wildman–Crippen MR) is 74.6 cm³/mol. The van der Waals surface area contributed by atoms with Crippen LogP contribution in [0.2, 0.25) is 0 Å². The summed E-state index contributed by atoms with van der Waals surface area (Å²) in [6, 6.07) is 9.39. The molecule has 0 aliphatic heterocycles. The van der Waals surface area contributed by atoms with E-state index < -0.39 is 17.9 Å². The molecule has 1 aromatic carbocycles. The number of amides is 1. The van der Waals surface area contributed by atoms with Gasteiger partial charge in [-0.3, -0.25) is 4.79 Å². The van der Waals surface area contributed by atoms with Crippen LogP contribution in [-0.2, 0) is 4.79 Å². The van der Waals surface area contributed by atoms with Gasteiger partial charge in [-0.1, -0.05) is 30.3 Å². The molecule has 2 rings (SSSR count). The fraction of sp³-hybridized carbons (Fsp3) is 0.200. The van der Waals surface area contributed by atoms with Crippen molar-refractivity contribution in [2.24, 2.45) is 0 Å². The maximum Gasteiger partial charge on any atom is 0.330 e. The van der Waals surface area contributed by atoms with Crippen LogP contribution in [0.3, 0.4) is 0 Å². The van der Waals surface area contributed by atoms with Crippen LogP contribution < -0.4 is 5.32 Å². The lowest BCUT2D eigenvalue weighted by atomic mass is 10.1. The number of hydrogen-bond acceptors (Lipinski definition) is 2. The monoisotopic (exact) mass is 272 g/mol. The van der Waals surface area contributed by atoms with Crippen molar-refractivity contribution in [1.82, 2.24) is 10.3 Å². The summed E-state index contributed by atoms with van der Waals surface area (Å²) in [6.07, 6.45) is 0. The van der Waals surface area contributed by atoms with Crippen LogP contribution in [0.5, 0.6) is 0 Å². The molecule has 0 fully saturated rings. The number of aryl methyl sites for hydroxylation is 2. The van der Waals surface area contributed by atoms with Gasteiger partial charge in [-0.15, -0.1) is 0 Å². The summed E-state index contributed by atoms with van der Waals surface area (Å²) in [4.78, 5) is 26.4. The standard InChI is InChI=1S/C15H16N2O3/c1-9-8-10(2)16-12(9)14(18)17-13(15(19)20)11-6-4-3-5-7-11/h3-8,13,16H,1-2H3,(H,17,18)(H,19,20)/t13-/m0/s1. The van der Waals surface area contributed by atoms with Gasteiger partial charge in [0.05, 0.1) is 0 Å². The van der Waals surface area contributed by atoms with Gasteiger partial charge in [0.25, 0.3) is 5.91 Å². The van der Waals surface area contributed by atoms with Crippen molar-refractivity contribution in [2.75, 3.05) is 0 Å². The van der Waals surface area contributed by atoms with E-state index in [9.17, 15) is 14.7 Å². The maximum absolute atomic E-state index is 12.2. The zero-order chi connectivity index (χ0) is 14.7. The molecule has 0 saturated carbocycles. The number of carbonyl (C=O) groups is 2. The Labute approximate surface area is 116 Å². The van der Waals surface area contributed by atoms with E-state index in [-0.39, 0.29) is 0 Å². The average Bonchev–Trinajstić information content (AvgIpc) is 2.75. The van der Waals surface area contributed by atoms with Crippen LogP contribution in [0.25, 0.3) is 0 Å². The van der Waals surface area contributed by atoms with Crippen molar-refractivity contribution < 1.29 is 14.7 Å². The normalized spacial score (nSPS) is 11.9. The Bertz CT molecular complexity index is 632. The number of carboxylic acids is 1. The Morgan fingerprint density at radius 1 is 1.20 bits per heavy atom. The molecular formula is C15H16N2O3. The van der Waals surface area contributed by atoms with E-state index in [1.54, 1.807) is 37.3 Å². The minimum atomic E-state index is -1.09. The molecule has 1 aromatic heterocycles. The first-order chi connectivity index (χ1) is 9.49. The molecule has 1 amide bonds. The summed E-state index contributed by atoms with van der Waals surface area (Å²) >= 11 is 0. The Kier molecular flexibility index (Phi) is 3.89. The highest BCUT2D eigenvalue weighted by Gasteiger charge is 2.23. The molecule has 1 atom stereocenters. The van der Waals surface area contributed by atoms with Crippen molar-refractivity contribution in [3.05, 3.63) is 58.9 Å².